The van der Waals surface area contributed by atoms with Crippen molar-refractivity contribution in [2.45, 2.75) is 109 Å². The minimum atomic E-state index is -4.47. The van der Waals surface area contributed by atoms with E-state index < -0.39 is 20.9 Å². The molecule has 2 aliphatic heterocycles. The van der Waals surface area contributed by atoms with Gasteiger partial charge in [0, 0.05) is 81.5 Å². The molecule has 12 nitrogen and oxygen atoms in total. The maximum atomic E-state index is 13.3. The predicted molar refractivity (Wildman–Crippen MR) is 268 cm³/mol. The van der Waals surface area contributed by atoms with Gasteiger partial charge in [-0.05, 0) is 111 Å². The van der Waals surface area contributed by atoms with Gasteiger partial charge >= 0.3 is 0 Å². The van der Waals surface area contributed by atoms with E-state index in [1.54, 1.807) is 24.4 Å². The Morgan fingerprint density at radius 1 is 0.881 bits per heavy atom. The molecule has 0 spiro atoms. The Hall–Kier alpha value is -5.48. The van der Waals surface area contributed by atoms with Gasteiger partial charge in [0.2, 0.25) is 5.69 Å². The zero-order valence-electron chi connectivity index (χ0n) is 39.8. The molecule has 1 aromatic heterocycles. The molecule has 352 valence electrons. The number of aromatic nitrogens is 1. The summed E-state index contributed by atoms with van der Waals surface area (Å²) >= 11 is 0.941. The first kappa shape index (κ1) is 49.4. The molecule has 0 aliphatic carbocycles. The summed E-state index contributed by atoms with van der Waals surface area (Å²) in [6.07, 6.45) is 12.9. The van der Waals surface area contributed by atoms with Crippen LogP contribution in [-0.4, -0.2) is 64.8 Å². The molecule has 14 heteroatoms. The van der Waals surface area contributed by atoms with Gasteiger partial charge in [0.15, 0.2) is 5.71 Å². The molecule has 0 saturated carbocycles. The van der Waals surface area contributed by atoms with Crippen molar-refractivity contribution in [3.63, 3.8) is 0 Å². The smallest absolute Gasteiger partial charge is 0.295 e. The lowest BCUT2D eigenvalue weighted by molar-refractivity contribution is -0.433. The molecule has 5 aromatic rings. The van der Waals surface area contributed by atoms with Crippen molar-refractivity contribution in [3.8, 4) is 0 Å². The first-order valence-electron chi connectivity index (χ1n) is 22.8. The van der Waals surface area contributed by atoms with Gasteiger partial charge in [-0.3, -0.25) is 19.1 Å². The van der Waals surface area contributed by atoms with Crippen molar-refractivity contribution < 1.29 is 41.8 Å². The van der Waals surface area contributed by atoms with Crippen LogP contribution in [0.4, 0.5) is 11.4 Å². The molecule has 2 aliphatic rings. The molecular weight excluding hydrogens is 885 g/mol. The third kappa shape index (κ3) is 9.79. The lowest BCUT2D eigenvalue weighted by atomic mass is 9.79. The van der Waals surface area contributed by atoms with Crippen LogP contribution in [0.3, 0.4) is 0 Å². The number of unbranched alkanes of at least 4 members (excludes halogenated alkanes) is 2. The molecule has 4 aromatic carbocycles. The minimum absolute atomic E-state index is 0.128. The van der Waals surface area contributed by atoms with Crippen LogP contribution in [-0.2, 0) is 35.1 Å². The Labute approximate surface area is 398 Å². The third-order valence-corrected chi connectivity index (χ3v) is 14.7. The van der Waals surface area contributed by atoms with Gasteiger partial charge < -0.3 is 10.2 Å². The van der Waals surface area contributed by atoms with Crippen molar-refractivity contribution in [3.05, 3.63) is 131 Å². The van der Waals surface area contributed by atoms with Crippen molar-refractivity contribution in [2.24, 2.45) is 5.41 Å². The topological polar surface area (TPSA) is 158 Å². The number of ketones is 1. The van der Waals surface area contributed by atoms with Crippen LogP contribution in [0.25, 0.3) is 27.1 Å². The van der Waals surface area contributed by atoms with E-state index in [-0.39, 0.29) is 22.0 Å². The van der Waals surface area contributed by atoms with E-state index in [4.69, 9.17) is 14.6 Å². The number of nitrogens with one attached hydrogen (secondary N) is 1. The average molecular weight is 946 g/mol. The van der Waals surface area contributed by atoms with E-state index in [0.29, 0.717) is 42.7 Å². The number of carbonyl (C=O) groups excluding carboxylic acids is 2. The van der Waals surface area contributed by atoms with Crippen molar-refractivity contribution in [1.29, 1.82) is 0 Å². The standard InChI is InChI=1S/C53H60N4O8S2/c1-10-56-41-28-25-36-38(17-15-19-43(36)66-65-64-60)48(41)52(6,7)45(56)30-23-34(40-27-22-35(33-55-40)50(59)54-32-14-12-13-21-47(58)51(3,4)5)24-31-46-53(8,9)49-39-18-16-20-44(67(61,62)63)37(39)26-29-42(49)57(46)11-2/h15-20,22-31,33H,10-14,21,32H2,1-9H3,(H2-,54,59,60,61,62,63)/p+1. The van der Waals surface area contributed by atoms with E-state index >= 15 is 0 Å². The number of allylic oxidation sites excluding steroid dienone is 6. The quantitative estimate of drug-likeness (QED) is 0.0155. The number of anilines is 1. The van der Waals surface area contributed by atoms with Crippen LogP contribution in [0.2, 0.25) is 0 Å². The second-order valence-corrected chi connectivity index (χ2v) is 21.3. The molecule has 3 N–H and O–H groups in total. The fourth-order valence-electron chi connectivity index (χ4n) is 9.75. The first-order valence-corrected chi connectivity index (χ1v) is 25.0. The van der Waals surface area contributed by atoms with E-state index in [0.717, 1.165) is 91.8 Å². The van der Waals surface area contributed by atoms with Gasteiger partial charge in [-0.25, -0.2) is 5.26 Å². The van der Waals surface area contributed by atoms with Crippen LogP contribution in [0.5, 0.6) is 0 Å². The number of amides is 1. The number of rotatable bonds is 17. The number of fused-ring (bicyclic) bond motifs is 6. The Morgan fingerprint density at radius 3 is 2.25 bits per heavy atom. The fraction of sp³-hybridized carbons (Fsp3) is 0.358. The zero-order valence-corrected chi connectivity index (χ0v) is 41.4. The molecule has 0 radical (unpaired) electrons. The van der Waals surface area contributed by atoms with E-state index in [2.05, 4.69) is 104 Å². The highest BCUT2D eigenvalue weighted by molar-refractivity contribution is 7.94. The highest BCUT2D eigenvalue weighted by Crippen LogP contribution is 2.51. The Balaban J connectivity index is 1.26. The van der Waals surface area contributed by atoms with Gasteiger partial charge in [-0.15, -0.1) is 4.33 Å². The van der Waals surface area contributed by atoms with Crippen LogP contribution in [0, 0.1) is 5.41 Å². The molecule has 67 heavy (non-hydrogen) atoms. The molecule has 3 heterocycles. The summed E-state index contributed by atoms with van der Waals surface area (Å²) in [7, 11) is -4.47. The second kappa shape index (κ2) is 19.6. The van der Waals surface area contributed by atoms with Gasteiger partial charge in [-0.2, -0.15) is 13.0 Å². The molecule has 7 rings (SSSR count). The van der Waals surface area contributed by atoms with Crippen LogP contribution < -0.4 is 10.2 Å². The van der Waals surface area contributed by atoms with Crippen molar-refractivity contribution in [2.75, 3.05) is 24.5 Å². The highest BCUT2D eigenvalue weighted by Gasteiger charge is 2.45. The number of carbonyl (C=O) groups is 2. The number of benzene rings is 4. The van der Waals surface area contributed by atoms with Gasteiger partial charge in [0.05, 0.1) is 28.7 Å². The van der Waals surface area contributed by atoms with Crippen LogP contribution in [0.15, 0.2) is 119 Å². The number of pyridine rings is 1. The summed E-state index contributed by atoms with van der Waals surface area (Å²) in [5, 5.41) is 19.1. The van der Waals surface area contributed by atoms with Crippen molar-refractivity contribution >= 4 is 78.1 Å². The number of nitrogens with zero attached hydrogens (tertiary/aromatic N) is 3. The van der Waals surface area contributed by atoms with Gasteiger partial charge in [0.25, 0.3) is 16.0 Å². The molecule has 1 amide bonds. The summed E-state index contributed by atoms with van der Waals surface area (Å²) in [5.41, 5.74) is 6.76. The lowest BCUT2D eigenvalue weighted by Crippen LogP contribution is -2.27. The number of Topliss-reactive ketones (excluding diaryl/α,β-unsaturated/α-hetero) is 1. The first-order chi connectivity index (χ1) is 31.7. The van der Waals surface area contributed by atoms with Crippen molar-refractivity contribution in [1.82, 2.24) is 10.3 Å². The SMILES string of the molecule is CCN1/C(=C/C=C(/C=C/C2=[N+](CC)c3ccc4c(SOOO)cccc4c3C2(C)C)c2ccc(C(=O)NCCCCCC(=O)C(C)(C)C)cn2)C(C)(C)c2c1ccc1c(S(=O)(=O)O)cccc21. The zero-order chi connectivity index (χ0) is 48.5. The molecule has 0 fully saturated rings. The summed E-state index contributed by atoms with van der Waals surface area (Å²) in [5.74, 6) is 0.0282. The largest absolute Gasteiger partial charge is 0.352 e. The molecular formula is C53H61N4O8S2+. The normalized spacial score (nSPS) is 16.4. The second-order valence-electron chi connectivity index (χ2n) is 19.1. The average Bonchev–Trinajstić information content (AvgIpc) is 3.66. The fourth-order valence-corrected chi connectivity index (χ4v) is 11.0. The molecule has 0 atom stereocenters. The number of hydrogen-bond acceptors (Lipinski definition) is 10. The summed E-state index contributed by atoms with van der Waals surface area (Å²) in [6, 6.07) is 22.5. The molecule has 0 bridgehead atoms. The maximum absolute atomic E-state index is 13.3. The summed E-state index contributed by atoms with van der Waals surface area (Å²) in [6.45, 7) is 20.5. The number of hydrogen-bond donors (Lipinski definition) is 3. The summed E-state index contributed by atoms with van der Waals surface area (Å²) < 4.78 is 42.2. The summed E-state index contributed by atoms with van der Waals surface area (Å²) in [4.78, 5) is 33.4. The van der Waals surface area contributed by atoms with E-state index in [1.165, 1.54) is 6.07 Å². The monoisotopic (exact) mass is 945 g/mol. The Morgan fingerprint density at radius 2 is 1.60 bits per heavy atom. The maximum Gasteiger partial charge on any atom is 0.295 e. The van der Waals surface area contributed by atoms with E-state index in [1.807, 2.05) is 51.1 Å². The molecule has 0 saturated heterocycles. The lowest BCUT2D eigenvalue weighted by Gasteiger charge is -2.26. The minimum Gasteiger partial charge on any atom is -0.352 e. The predicted octanol–water partition coefficient (Wildman–Crippen LogP) is 11.7. The molecule has 0 unspecified atom stereocenters. The Kier molecular flexibility index (Phi) is 14.5. The van der Waals surface area contributed by atoms with Gasteiger partial charge in [-0.1, -0.05) is 82.5 Å². The van der Waals surface area contributed by atoms with Gasteiger partial charge in [0.1, 0.15) is 17.2 Å². The Bertz CT molecular complexity index is 2980. The third-order valence-electron chi connectivity index (χ3n) is 13.1. The number of likely N-dealkylation sites (N-methyl/N-ethyl adjacent to an activating group) is 1. The van der Waals surface area contributed by atoms with E-state index in [9.17, 15) is 22.6 Å². The van der Waals surface area contributed by atoms with Crippen LogP contribution >= 0.6 is 12.0 Å². The van der Waals surface area contributed by atoms with Crippen LogP contribution in [0.1, 0.15) is 115 Å². The highest BCUT2D eigenvalue weighted by atomic mass is 32.2.